The van der Waals surface area contributed by atoms with E-state index in [-0.39, 0.29) is 5.33 Å². The van der Waals surface area contributed by atoms with Crippen LogP contribution in [0.4, 0.5) is 0 Å². The zero-order valence-corrected chi connectivity index (χ0v) is 9.74. The van der Waals surface area contributed by atoms with Crippen molar-refractivity contribution >= 4 is 27.5 Å². The first-order chi connectivity index (χ1) is 7.36. The molecule has 94 valence electrons. The van der Waals surface area contributed by atoms with E-state index in [0.717, 1.165) is 0 Å². The Hall–Kier alpha value is -0.380. The lowest BCUT2D eigenvalue weighted by Gasteiger charge is -2.24. The number of halogens is 1. The molecule has 0 rings (SSSR count). The van der Waals surface area contributed by atoms with E-state index in [0.29, 0.717) is 0 Å². The third kappa shape index (κ3) is 3.89. The molecule has 0 aliphatic rings. The minimum absolute atomic E-state index is 0.325. The average molecular weight is 301 g/mol. The van der Waals surface area contributed by atoms with Gasteiger partial charge in [-0.2, -0.15) is 0 Å². The van der Waals surface area contributed by atoms with E-state index < -0.39 is 42.6 Å². The normalized spacial score (nSPS) is 18.6. The molecule has 0 spiro atoms. The van der Waals surface area contributed by atoms with Crippen LogP contribution in [0.1, 0.15) is 0 Å². The monoisotopic (exact) mass is 300 g/mol. The first kappa shape index (κ1) is 15.6. The molecule has 5 N–H and O–H groups in total. The van der Waals surface area contributed by atoms with Crippen LogP contribution in [0.15, 0.2) is 0 Å². The lowest BCUT2D eigenvalue weighted by molar-refractivity contribution is -0.153. The number of aliphatic hydroxyl groups excluding tert-OH is 5. The summed E-state index contributed by atoms with van der Waals surface area (Å²) >= 11 is 2.70. The van der Waals surface area contributed by atoms with Gasteiger partial charge in [-0.25, -0.2) is 0 Å². The van der Waals surface area contributed by atoms with E-state index in [4.69, 9.17) is 15.3 Å². The smallest absolute Gasteiger partial charge is 0.230 e. The fourth-order valence-corrected chi connectivity index (χ4v) is 1.18. The SMILES string of the molecule is O=C(CBr)C(=O)C(O)C(O)C(O)C(O)CO. The van der Waals surface area contributed by atoms with Gasteiger partial charge in [-0.05, 0) is 0 Å². The van der Waals surface area contributed by atoms with Crippen molar-refractivity contribution in [3.63, 3.8) is 0 Å². The zero-order valence-electron chi connectivity index (χ0n) is 8.15. The molecular formula is C8H13BrO7. The van der Waals surface area contributed by atoms with Gasteiger partial charge in [0.2, 0.25) is 11.6 Å². The van der Waals surface area contributed by atoms with Gasteiger partial charge in [0.15, 0.2) is 0 Å². The van der Waals surface area contributed by atoms with Gasteiger partial charge in [-0.1, -0.05) is 15.9 Å². The summed E-state index contributed by atoms with van der Waals surface area (Å²) in [7, 11) is 0. The third-order valence-corrected chi connectivity index (χ3v) is 2.43. The molecule has 0 fully saturated rings. The number of hydrogen-bond donors (Lipinski definition) is 5. The summed E-state index contributed by atoms with van der Waals surface area (Å²) in [5.74, 6) is -2.26. The molecule has 0 aromatic carbocycles. The van der Waals surface area contributed by atoms with Crippen LogP contribution >= 0.6 is 15.9 Å². The van der Waals surface area contributed by atoms with E-state index in [9.17, 15) is 19.8 Å². The Morgan fingerprint density at radius 3 is 1.94 bits per heavy atom. The summed E-state index contributed by atoms with van der Waals surface area (Å²) in [6.45, 7) is -0.856. The maximum Gasteiger partial charge on any atom is 0.230 e. The van der Waals surface area contributed by atoms with Crippen molar-refractivity contribution in [1.82, 2.24) is 0 Å². The van der Waals surface area contributed by atoms with E-state index >= 15 is 0 Å². The van der Waals surface area contributed by atoms with Gasteiger partial charge in [-0.3, -0.25) is 9.59 Å². The van der Waals surface area contributed by atoms with E-state index in [1.54, 1.807) is 0 Å². The number of hydrogen-bond acceptors (Lipinski definition) is 7. The molecule has 7 nitrogen and oxygen atoms in total. The number of alkyl halides is 1. The van der Waals surface area contributed by atoms with Crippen molar-refractivity contribution in [2.45, 2.75) is 24.4 Å². The van der Waals surface area contributed by atoms with Crippen LogP contribution < -0.4 is 0 Å². The van der Waals surface area contributed by atoms with Crippen molar-refractivity contribution < 1.29 is 35.1 Å². The van der Waals surface area contributed by atoms with Crippen molar-refractivity contribution in [3.05, 3.63) is 0 Å². The van der Waals surface area contributed by atoms with Crippen LogP contribution in [-0.4, -0.2) is 73.5 Å². The molecular weight excluding hydrogens is 288 g/mol. The maximum atomic E-state index is 11.1. The van der Waals surface area contributed by atoms with Crippen LogP contribution in [0.5, 0.6) is 0 Å². The highest BCUT2D eigenvalue weighted by atomic mass is 79.9. The van der Waals surface area contributed by atoms with Crippen molar-refractivity contribution in [2.75, 3.05) is 11.9 Å². The summed E-state index contributed by atoms with van der Waals surface area (Å²) in [6, 6.07) is 0. The quantitative estimate of drug-likeness (QED) is 0.249. The van der Waals surface area contributed by atoms with Gasteiger partial charge in [-0.15, -0.1) is 0 Å². The molecule has 0 aliphatic carbocycles. The summed E-state index contributed by atoms with van der Waals surface area (Å²) in [5.41, 5.74) is 0. The summed E-state index contributed by atoms with van der Waals surface area (Å²) in [6.07, 6.45) is -7.82. The second kappa shape index (κ2) is 7.05. The maximum absolute atomic E-state index is 11.1. The van der Waals surface area contributed by atoms with Gasteiger partial charge in [0.05, 0.1) is 11.9 Å². The fourth-order valence-electron chi connectivity index (χ4n) is 0.908. The second-order valence-electron chi connectivity index (χ2n) is 3.10. The highest BCUT2D eigenvalue weighted by Gasteiger charge is 2.36. The van der Waals surface area contributed by atoms with Crippen molar-refractivity contribution in [2.24, 2.45) is 0 Å². The van der Waals surface area contributed by atoms with Crippen LogP contribution in [0.3, 0.4) is 0 Å². The van der Waals surface area contributed by atoms with Gasteiger partial charge in [0.25, 0.3) is 0 Å². The van der Waals surface area contributed by atoms with Crippen LogP contribution in [0.25, 0.3) is 0 Å². The number of aliphatic hydroxyl groups is 5. The minimum Gasteiger partial charge on any atom is -0.394 e. The molecule has 0 aromatic heterocycles. The topological polar surface area (TPSA) is 135 Å². The van der Waals surface area contributed by atoms with E-state index in [1.807, 2.05) is 0 Å². The predicted molar refractivity (Wildman–Crippen MR) is 54.9 cm³/mol. The molecule has 0 radical (unpaired) electrons. The molecule has 0 heterocycles. The molecule has 0 bridgehead atoms. The molecule has 0 amide bonds. The van der Waals surface area contributed by atoms with Gasteiger partial charge < -0.3 is 25.5 Å². The molecule has 0 saturated carbocycles. The second-order valence-corrected chi connectivity index (χ2v) is 3.66. The number of carbonyl (C=O) groups excluding carboxylic acids is 2. The first-order valence-corrected chi connectivity index (χ1v) is 5.45. The van der Waals surface area contributed by atoms with Gasteiger partial charge >= 0.3 is 0 Å². The first-order valence-electron chi connectivity index (χ1n) is 4.33. The molecule has 8 heteroatoms. The lowest BCUT2D eigenvalue weighted by atomic mass is 9.99. The van der Waals surface area contributed by atoms with Crippen LogP contribution in [-0.2, 0) is 9.59 Å². The Morgan fingerprint density at radius 1 is 1.06 bits per heavy atom. The highest BCUT2D eigenvalue weighted by Crippen LogP contribution is 2.07. The summed E-state index contributed by atoms with van der Waals surface area (Å²) < 4.78 is 0. The summed E-state index contributed by atoms with van der Waals surface area (Å²) in [4.78, 5) is 21.9. The average Bonchev–Trinajstić information content (AvgIpc) is 2.32. The highest BCUT2D eigenvalue weighted by molar-refractivity contribution is 9.09. The molecule has 0 aromatic rings. The fraction of sp³-hybridized carbons (Fsp3) is 0.750. The van der Waals surface area contributed by atoms with Crippen molar-refractivity contribution in [1.29, 1.82) is 0 Å². The van der Waals surface area contributed by atoms with Crippen LogP contribution in [0, 0.1) is 0 Å². The van der Waals surface area contributed by atoms with Crippen LogP contribution in [0.2, 0.25) is 0 Å². The number of ketones is 2. The molecule has 16 heavy (non-hydrogen) atoms. The Balaban J connectivity index is 4.54. The minimum atomic E-state index is -2.14. The third-order valence-electron chi connectivity index (χ3n) is 1.92. The molecule has 0 aliphatic heterocycles. The number of Topliss-reactive ketones (excluding diaryl/α,β-unsaturated/α-hetero) is 2. The van der Waals surface area contributed by atoms with E-state index in [2.05, 4.69) is 15.9 Å². The lowest BCUT2D eigenvalue weighted by Crippen LogP contribution is -2.50. The van der Waals surface area contributed by atoms with E-state index in [1.165, 1.54) is 0 Å². The predicted octanol–water partition coefficient (Wildman–Crippen LogP) is -3.04. The summed E-state index contributed by atoms with van der Waals surface area (Å²) in [5, 5.41) is 44.7. The molecule has 4 unspecified atom stereocenters. The number of rotatable bonds is 7. The largest absolute Gasteiger partial charge is 0.394 e. The Kier molecular flexibility index (Phi) is 6.88. The van der Waals surface area contributed by atoms with Gasteiger partial charge in [0, 0.05) is 0 Å². The van der Waals surface area contributed by atoms with Gasteiger partial charge in [0.1, 0.15) is 24.4 Å². The number of carbonyl (C=O) groups is 2. The van der Waals surface area contributed by atoms with Crippen molar-refractivity contribution in [3.8, 4) is 0 Å². The Morgan fingerprint density at radius 2 is 1.56 bits per heavy atom. The Labute approximate surface area is 99.5 Å². The molecule has 0 saturated heterocycles. The molecule has 4 atom stereocenters. The Bertz CT molecular complexity index is 257. The zero-order chi connectivity index (χ0) is 12.9. The standard InChI is InChI=1S/C8H13BrO7/c9-1-3(11)5(13)7(15)8(16)6(14)4(12)2-10/h4,6-8,10,12,14-16H,1-2H2.